The van der Waals surface area contributed by atoms with Crippen LogP contribution in [0.4, 0.5) is 0 Å². The van der Waals surface area contributed by atoms with E-state index in [4.69, 9.17) is 0 Å². The molecule has 29 heavy (non-hydrogen) atoms. The van der Waals surface area contributed by atoms with Gasteiger partial charge < -0.3 is 4.90 Å². The van der Waals surface area contributed by atoms with E-state index >= 15 is 0 Å². The summed E-state index contributed by atoms with van der Waals surface area (Å²) in [6.07, 6.45) is 0.984. The highest BCUT2D eigenvalue weighted by molar-refractivity contribution is 5.85. The topological polar surface area (TPSA) is 68.1 Å². The summed E-state index contributed by atoms with van der Waals surface area (Å²) >= 11 is 0. The molecule has 0 aliphatic heterocycles. The fourth-order valence-corrected chi connectivity index (χ4v) is 3.49. The summed E-state index contributed by atoms with van der Waals surface area (Å²) in [4.78, 5) is 26.7. The fourth-order valence-electron chi connectivity index (χ4n) is 3.49. The lowest BCUT2D eigenvalue weighted by atomic mass is 10.0. The van der Waals surface area contributed by atoms with Crippen LogP contribution in [-0.4, -0.2) is 39.4 Å². The number of carbonyl (C=O) groups is 1. The van der Waals surface area contributed by atoms with Crippen molar-refractivity contribution >= 4 is 27.6 Å². The van der Waals surface area contributed by atoms with Gasteiger partial charge in [-0.15, -0.1) is 5.10 Å². The van der Waals surface area contributed by atoms with Gasteiger partial charge in [-0.3, -0.25) is 9.59 Å². The summed E-state index contributed by atoms with van der Waals surface area (Å²) in [5, 5.41) is 10.9. The Morgan fingerprint density at radius 2 is 1.69 bits per heavy atom. The van der Waals surface area contributed by atoms with Gasteiger partial charge in [0.1, 0.15) is 5.52 Å². The number of hydrogen-bond donors (Lipinski definition) is 0. The monoisotopic (exact) mass is 386 g/mol. The summed E-state index contributed by atoms with van der Waals surface area (Å²) in [5.74, 6) is -0.0212. The zero-order chi connectivity index (χ0) is 20.2. The average Bonchev–Trinajstić information content (AvgIpc) is 2.77. The van der Waals surface area contributed by atoms with Crippen LogP contribution >= 0.6 is 0 Å². The van der Waals surface area contributed by atoms with Crippen LogP contribution in [0.15, 0.2) is 71.5 Å². The lowest BCUT2D eigenvalue weighted by molar-refractivity contribution is -0.130. The molecule has 1 heterocycles. The van der Waals surface area contributed by atoms with Crippen LogP contribution in [0.1, 0.15) is 12.0 Å². The zero-order valence-corrected chi connectivity index (χ0v) is 16.3. The number of aryl methyl sites for hydroxylation is 1. The summed E-state index contributed by atoms with van der Waals surface area (Å²) in [6, 6.07) is 21.6. The fraction of sp³-hybridized carbons (Fsp3) is 0.217. The normalized spacial score (nSPS) is 11.1. The van der Waals surface area contributed by atoms with Crippen molar-refractivity contribution in [1.82, 2.24) is 19.9 Å². The molecular formula is C23H22N4O2. The Morgan fingerprint density at radius 1 is 0.966 bits per heavy atom. The lowest BCUT2D eigenvalue weighted by Crippen LogP contribution is -2.32. The summed E-state index contributed by atoms with van der Waals surface area (Å²) < 4.78 is 1.26. The quantitative estimate of drug-likeness (QED) is 0.511. The van der Waals surface area contributed by atoms with Gasteiger partial charge in [0.15, 0.2) is 0 Å². The van der Waals surface area contributed by atoms with E-state index in [0.717, 1.165) is 6.42 Å². The molecule has 0 spiro atoms. The predicted octanol–water partition coefficient (Wildman–Crippen LogP) is 3.04. The molecule has 4 rings (SSSR count). The number of fused-ring (bicyclic) bond motifs is 2. The van der Waals surface area contributed by atoms with Crippen LogP contribution in [0.2, 0.25) is 0 Å². The number of benzene rings is 3. The van der Waals surface area contributed by atoms with E-state index < -0.39 is 0 Å². The molecule has 0 atom stereocenters. The van der Waals surface area contributed by atoms with Crippen LogP contribution in [-0.2, 0) is 17.8 Å². The van der Waals surface area contributed by atoms with Crippen LogP contribution < -0.4 is 5.56 Å². The van der Waals surface area contributed by atoms with Crippen LogP contribution in [0, 0.1) is 0 Å². The molecular weight excluding hydrogens is 364 g/mol. The van der Waals surface area contributed by atoms with Crippen molar-refractivity contribution in [3.63, 3.8) is 0 Å². The zero-order valence-electron chi connectivity index (χ0n) is 16.3. The van der Waals surface area contributed by atoms with E-state index in [1.807, 2.05) is 24.3 Å². The highest BCUT2D eigenvalue weighted by Gasteiger charge is 2.12. The SMILES string of the molecule is CN(CCc1cccc2ccccc12)C(=O)CCn1nnc2ccccc2c1=O. The van der Waals surface area contributed by atoms with Crippen LogP contribution in [0.5, 0.6) is 0 Å². The predicted molar refractivity (Wildman–Crippen MR) is 114 cm³/mol. The Balaban J connectivity index is 1.39. The molecule has 0 saturated carbocycles. The number of hydrogen-bond acceptors (Lipinski definition) is 4. The van der Waals surface area contributed by atoms with Gasteiger partial charge in [0.05, 0.1) is 11.9 Å². The third-order valence-electron chi connectivity index (χ3n) is 5.19. The molecule has 0 unspecified atom stereocenters. The molecule has 0 radical (unpaired) electrons. The summed E-state index contributed by atoms with van der Waals surface area (Å²) in [5.41, 5.74) is 1.56. The van der Waals surface area contributed by atoms with Crippen LogP contribution in [0.3, 0.4) is 0 Å². The van der Waals surface area contributed by atoms with Gasteiger partial charge in [-0.2, -0.15) is 0 Å². The van der Waals surface area contributed by atoms with Gasteiger partial charge in [0.2, 0.25) is 5.91 Å². The third-order valence-corrected chi connectivity index (χ3v) is 5.19. The van der Waals surface area contributed by atoms with E-state index in [-0.39, 0.29) is 24.4 Å². The van der Waals surface area contributed by atoms with Gasteiger partial charge in [-0.25, -0.2) is 4.68 Å². The first kappa shape index (κ1) is 18.8. The molecule has 146 valence electrons. The average molecular weight is 386 g/mol. The first-order valence-electron chi connectivity index (χ1n) is 9.66. The van der Waals surface area contributed by atoms with Gasteiger partial charge >= 0.3 is 0 Å². The molecule has 0 N–H and O–H groups in total. The Kier molecular flexibility index (Phi) is 5.33. The van der Waals surface area contributed by atoms with Gasteiger partial charge in [0.25, 0.3) is 5.56 Å². The molecule has 1 aromatic heterocycles. The molecule has 0 saturated heterocycles. The molecule has 3 aromatic carbocycles. The molecule has 6 nitrogen and oxygen atoms in total. The maximum Gasteiger partial charge on any atom is 0.277 e. The Bertz CT molecular complexity index is 1230. The second kappa shape index (κ2) is 8.22. The van der Waals surface area contributed by atoms with Crippen molar-refractivity contribution in [3.05, 3.63) is 82.6 Å². The van der Waals surface area contributed by atoms with E-state index in [2.05, 4.69) is 34.6 Å². The van der Waals surface area contributed by atoms with Crippen molar-refractivity contribution in [2.24, 2.45) is 0 Å². The maximum atomic E-state index is 12.5. The van der Waals surface area contributed by atoms with Crippen molar-refractivity contribution < 1.29 is 4.79 Å². The van der Waals surface area contributed by atoms with Gasteiger partial charge in [-0.05, 0) is 34.9 Å². The largest absolute Gasteiger partial charge is 0.345 e. The van der Waals surface area contributed by atoms with Crippen molar-refractivity contribution in [1.29, 1.82) is 0 Å². The first-order valence-corrected chi connectivity index (χ1v) is 9.66. The highest BCUT2D eigenvalue weighted by Crippen LogP contribution is 2.19. The Hall–Kier alpha value is -3.54. The molecule has 4 aromatic rings. The molecule has 0 bridgehead atoms. The second-order valence-corrected chi connectivity index (χ2v) is 7.09. The number of likely N-dealkylation sites (N-methyl/N-ethyl adjacent to an activating group) is 1. The number of rotatable bonds is 6. The van der Waals surface area contributed by atoms with E-state index in [0.29, 0.717) is 17.4 Å². The molecule has 0 fully saturated rings. The number of carbonyl (C=O) groups excluding carboxylic acids is 1. The molecule has 1 amide bonds. The standard InChI is InChI=1S/C23H22N4O2/c1-26(15-13-18-9-6-8-17-7-2-3-10-19(17)18)22(28)14-16-27-23(29)20-11-4-5-12-21(20)24-25-27/h2-12H,13-16H2,1H3. The van der Waals surface area contributed by atoms with E-state index in [9.17, 15) is 9.59 Å². The van der Waals surface area contributed by atoms with Crippen molar-refractivity contribution in [3.8, 4) is 0 Å². The minimum Gasteiger partial charge on any atom is -0.345 e. The lowest BCUT2D eigenvalue weighted by Gasteiger charge is -2.18. The summed E-state index contributed by atoms with van der Waals surface area (Å²) in [6.45, 7) is 0.833. The minimum atomic E-state index is -0.221. The highest BCUT2D eigenvalue weighted by atomic mass is 16.2. The van der Waals surface area contributed by atoms with Crippen molar-refractivity contribution in [2.75, 3.05) is 13.6 Å². The minimum absolute atomic E-state index is 0.0212. The van der Waals surface area contributed by atoms with E-state index in [1.54, 1.807) is 30.1 Å². The summed E-state index contributed by atoms with van der Waals surface area (Å²) in [7, 11) is 1.79. The molecule has 6 heteroatoms. The van der Waals surface area contributed by atoms with E-state index in [1.165, 1.54) is 21.0 Å². The van der Waals surface area contributed by atoms with Crippen LogP contribution in [0.25, 0.3) is 21.7 Å². The smallest absolute Gasteiger partial charge is 0.277 e. The molecule has 0 aliphatic rings. The molecule has 0 aliphatic carbocycles. The van der Waals surface area contributed by atoms with Gasteiger partial charge in [-0.1, -0.05) is 59.8 Å². The van der Waals surface area contributed by atoms with Gasteiger partial charge in [0, 0.05) is 20.0 Å². The number of aromatic nitrogens is 3. The Labute approximate surface area is 168 Å². The maximum absolute atomic E-state index is 12.5. The second-order valence-electron chi connectivity index (χ2n) is 7.09. The number of nitrogens with zero attached hydrogens (tertiary/aromatic N) is 4. The third kappa shape index (κ3) is 4.01. The first-order chi connectivity index (χ1) is 14.1. The Morgan fingerprint density at radius 3 is 2.55 bits per heavy atom. The number of amides is 1. The van der Waals surface area contributed by atoms with Crippen molar-refractivity contribution in [2.45, 2.75) is 19.4 Å².